The Labute approximate surface area is 217 Å². The van der Waals surface area contributed by atoms with E-state index < -0.39 is 0 Å². The zero-order valence-electron chi connectivity index (χ0n) is 20.8. The van der Waals surface area contributed by atoms with Gasteiger partial charge in [0.2, 0.25) is 11.8 Å². The van der Waals surface area contributed by atoms with E-state index in [1.807, 2.05) is 72.8 Å². The number of rotatable bonds is 8. The second kappa shape index (κ2) is 10.1. The second-order valence-corrected chi connectivity index (χ2v) is 10.2. The van der Waals surface area contributed by atoms with Crippen LogP contribution in [-0.2, 0) is 18.0 Å². The summed E-state index contributed by atoms with van der Waals surface area (Å²) in [5, 5.41) is 0. The van der Waals surface area contributed by atoms with Crippen molar-refractivity contribution in [2.45, 2.75) is 32.5 Å². The average molecular weight is 491 g/mol. The molecule has 0 bridgehead atoms. The maximum atomic E-state index is 11.6. The molecule has 1 spiro atoms. The third-order valence-corrected chi connectivity index (χ3v) is 7.41. The topological polar surface area (TPSA) is 51.7 Å². The van der Waals surface area contributed by atoms with Crippen molar-refractivity contribution in [2.24, 2.45) is 5.41 Å². The van der Waals surface area contributed by atoms with Gasteiger partial charge in [0.1, 0.15) is 19.0 Å². The molecule has 1 saturated carbocycles. The molecule has 6 rings (SSSR count). The summed E-state index contributed by atoms with van der Waals surface area (Å²) in [7, 11) is 0. The molecule has 0 atom stereocenters. The Morgan fingerprint density at radius 1 is 0.757 bits per heavy atom. The average Bonchev–Trinajstić information content (AvgIpc) is 3.37. The van der Waals surface area contributed by atoms with E-state index >= 15 is 0 Å². The van der Waals surface area contributed by atoms with Crippen LogP contribution in [0.5, 0.6) is 11.8 Å². The highest BCUT2D eigenvalue weighted by molar-refractivity contribution is 5.86. The van der Waals surface area contributed by atoms with E-state index in [0.717, 1.165) is 54.6 Å². The van der Waals surface area contributed by atoms with Crippen molar-refractivity contribution in [3.8, 4) is 22.9 Å². The number of Topliss-reactive ketones (excluding diaryl/α,β-unsaturated/α-hetero) is 1. The Bertz CT molecular complexity index is 1360. The highest BCUT2D eigenvalue weighted by Crippen LogP contribution is 2.47. The van der Waals surface area contributed by atoms with Crippen molar-refractivity contribution < 1.29 is 14.3 Å². The molecule has 4 aromatic rings. The molecule has 0 radical (unpaired) electrons. The third kappa shape index (κ3) is 5.21. The fourth-order valence-corrected chi connectivity index (χ4v) is 5.37. The normalized spacial score (nSPS) is 16.0. The standard InChI is InChI=1S/C32H30N2O3/c35-28-19-32(20-28)17-18-34(23-32)27-13-11-26(12-14-27)29-15-16-30(36-21-24-7-3-1-4-8-24)33-31(29)37-22-25-9-5-2-6-10-25/h1-16H,17-23H2. The Morgan fingerprint density at radius 2 is 1.41 bits per heavy atom. The summed E-state index contributed by atoms with van der Waals surface area (Å²) in [5.41, 5.74) is 5.55. The fraction of sp³-hybridized carbons (Fsp3) is 0.250. The molecule has 37 heavy (non-hydrogen) atoms. The zero-order chi connectivity index (χ0) is 25.1. The number of nitrogens with zero attached hydrogens (tertiary/aromatic N) is 2. The minimum atomic E-state index is 0.216. The van der Waals surface area contributed by atoms with Gasteiger partial charge in [-0.15, -0.1) is 0 Å². The molecule has 5 heteroatoms. The minimum absolute atomic E-state index is 0.216. The van der Waals surface area contributed by atoms with Crippen LogP contribution < -0.4 is 14.4 Å². The van der Waals surface area contributed by atoms with Crippen LogP contribution in [-0.4, -0.2) is 23.9 Å². The lowest BCUT2D eigenvalue weighted by atomic mass is 9.67. The molecule has 2 fully saturated rings. The zero-order valence-corrected chi connectivity index (χ0v) is 20.8. The predicted molar refractivity (Wildman–Crippen MR) is 145 cm³/mol. The lowest BCUT2D eigenvalue weighted by Gasteiger charge is -2.36. The number of benzene rings is 3. The summed E-state index contributed by atoms with van der Waals surface area (Å²) < 4.78 is 12.2. The summed E-state index contributed by atoms with van der Waals surface area (Å²) >= 11 is 0. The van der Waals surface area contributed by atoms with Gasteiger partial charge in [0, 0.05) is 48.7 Å². The van der Waals surface area contributed by atoms with Gasteiger partial charge in [0.15, 0.2) is 0 Å². The number of ketones is 1. The number of ether oxygens (including phenoxy) is 2. The van der Waals surface area contributed by atoms with E-state index in [9.17, 15) is 4.79 Å². The van der Waals surface area contributed by atoms with Gasteiger partial charge < -0.3 is 14.4 Å². The molecule has 5 nitrogen and oxygen atoms in total. The molecule has 1 saturated heterocycles. The van der Waals surface area contributed by atoms with Crippen LogP contribution in [0.15, 0.2) is 97.1 Å². The molecular weight excluding hydrogens is 460 g/mol. The van der Waals surface area contributed by atoms with Gasteiger partial charge >= 0.3 is 0 Å². The van der Waals surface area contributed by atoms with Gasteiger partial charge in [-0.2, -0.15) is 4.98 Å². The summed E-state index contributed by atoms with van der Waals surface area (Å²) in [4.78, 5) is 18.7. The molecular formula is C32H30N2O3. The van der Waals surface area contributed by atoms with Gasteiger partial charge in [-0.25, -0.2) is 0 Å². The van der Waals surface area contributed by atoms with Gasteiger partial charge in [-0.3, -0.25) is 4.79 Å². The summed E-state index contributed by atoms with van der Waals surface area (Å²) in [6, 6.07) is 32.7. The van der Waals surface area contributed by atoms with E-state index in [1.54, 1.807) is 0 Å². The first kappa shape index (κ1) is 23.3. The highest BCUT2D eigenvalue weighted by Gasteiger charge is 2.47. The van der Waals surface area contributed by atoms with Crippen LogP contribution in [0.3, 0.4) is 0 Å². The van der Waals surface area contributed by atoms with Crippen molar-refractivity contribution >= 4 is 11.5 Å². The van der Waals surface area contributed by atoms with Crippen LogP contribution >= 0.6 is 0 Å². The Kier molecular flexibility index (Phi) is 6.35. The number of aromatic nitrogens is 1. The molecule has 0 N–H and O–H groups in total. The second-order valence-electron chi connectivity index (χ2n) is 10.2. The lowest BCUT2D eigenvalue weighted by molar-refractivity contribution is -0.131. The van der Waals surface area contributed by atoms with Crippen molar-refractivity contribution in [1.29, 1.82) is 0 Å². The number of hydrogen-bond donors (Lipinski definition) is 0. The SMILES string of the molecule is O=C1CC2(CCN(c3ccc(-c4ccc(OCc5ccccc5)nc4OCc4ccccc4)cc3)C2)C1. The summed E-state index contributed by atoms with van der Waals surface area (Å²) in [5.74, 6) is 1.49. The molecule has 186 valence electrons. The summed E-state index contributed by atoms with van der Waals surface area (Å²) in [6.07, 6.45) is 2.59. The lowest BCUT2D eigenvalue weighted by Crippen LogP contribution is -2.39. The van der Waals surface area contributed by atoms with E-state index in [1.165, 1.54) is 5.69 Å². The van der Waals surface area contributed by atoms with Gasteiger partial charge in [0.05, 0.1) is 0 Å². The molecule has 0 unspecified atom stereocenters. The molecule has 2 aliphatic rings. The smallest absolute Gasteiger partial charge is 0.225 e. The largest absolute Gasteiger partial charge is 0.473 e. The van der Waals surface area contributed by atoms with Crippen molar-refractivity contribution in [1.82, 2.24) is 4.98 Å². The van der Waals surface area contributed by atoms with Gasteiger partial charge in [-0.1, -0.05) is 72.8 Å². The van der Waals surface area contributed by atoms with Gasteiger partial charge in [0.25, 0.3) is 0 Å². The first-order valence-corrected chi connectivity index (χ1v) is 12.9. The first-order chi connectivity index (χ1) is 18.2. The van der Waals surface area contributed by atoms with E-state index in [4.69, 9.17) is 14.5 Å². The molecule has 1 aliphatic carbocycles. The van der Waals surface area contributed by atoms with Crippen LogP contribution in [0.25, 0.3) is 11.1 Å². The quantitative estimate of drug-likeness (QED) is 0.283. The number of carbonyl (C=O) groups is 1. The number of hydrogen-bond acceptors (Lipinski definition) is 5. The van der Waals surface area contributed by atoms with Crippen molar-refractivity contribution in [3.63, 3.8) is 0 Å². The van der Waals surface area contributed by atoms with Crippen LogP contribution in [0.1, 0.15) is 30.4 Å². The molecule has 1 aliphatic heterocycles. The Hall–Kier alpha value is -4.12. The number of pyridine rings is 1. The summed E-state index contributed by atoms with van der Waals surface area (Å²) in [6.45, 7) is 2.85. The maximum absolute atomic E-state index is 11.6. The van der Waals surface area contributed by atoms with E-state index in [-0.39, 0.29) is 5.41 Å². The van der Waals surface area contributed by atoms with Crippen molar-refractivity contribution in [3.05, 3.63) is 108 Å². The Balaban J connectivity index is 1.21. The maximum Gasteiger partial charge on any atom is 0.225 e. The van der Waals surface area contributed by atoms with Crippen molar-refractivity contribution in [2.75, 3.05) is 18.0 Å². The van der Waals surface area contributed by atoms with E-state index in [0.29, 0.717) is 30.8 Å². The number of carbonyl (C=O) groups excluding carboxylic acids is 1. The first-order valence-electron chi connectivity index (χ1n) is 12.9. The minimum Gasteiger partial charge on any atom is -0.473 e. The Morgan fingerprint density at radius 3 is 2.05 bits per heavy atom. The predicted octanol–water partition coefficient (Wildman–Crippen LogP) is 6.47. The molecule has 3 aromatic carbocycles. The molecule has 1 aromatic heterocycles. The molecule has 2 heterocycles. The van der Waals surface area contributed by atoms with Crippen LogP contribution in [0.2, 0.25) is 0 Å². The number of anilines is 1. The van der Waals surface area contributed by atoms with Crippen LogP contribution in [0, 0.1) is 5.41 Å². The van der Waals surface area contributed by atoms with E-state index in [2.05, 4.69) is 29.2 Å². The molecule has 0 amide bonds. The van der Waals surface area contributed by atoms with Gasteiger partial charge in [-0.05, 0) is 41.3 Å². The highest BCUT2D eigenvalue weighted by atomic mass is 16.5. The monoisotopic (exact) mass is 490 g/mol. The fourth-order valence-electron chi connectivity index (χ4n) is 5.37. The third-order valence-electron chi connectivity index (χ3n) is 7.41. The van der Waals surface area contributed by atoms with Crippen LogP contribution in [0.4, 0.5) is 5.69 Å².